The van der Waals surface area contributed by atoms with Crippen molar-refractivity contribution < 1.29 is 4.79 Å². The highest BCUT2D eigenvalue weighted by Crippen LogP contribution is 2.20. The average molecular weight is 330 g/mol. The Morgan fingerprint density at radius 1 is 1.09 bits per heavy atom. The molecule has 2 aromatic rings. The van der Waals surface area contributed by atoms with Gasteiger partial charge in [0.25, 0.3) is 5.56 Å². The third kappa shape index (κ3) is 4.73. The first-order chi connectivity index (χ1) is 10.9. The maximum atomic E-state index is 12.0. The van der Waals surface area contributed by atoms with E-state index < -0.39 is 0 Å². The van der Waals surface area contributed by atoms with Crippen molar-refractivity contribution in [2.24, 2.45) is 0 Å². The van der Waals surface area contributed by atoms with Crippen LogP contribution in [-0.4, -0.2) is 16.6 Å². The number of nitrogens with one attached hydrogen (secondary N) is 2. The second-order valence-electron chi connectivity index (χ2n) is 5.75. The van der Waals surface area contributed by atoms with E-state index in [2.05, 4.69) is 36.3 Å². The van der Waals surface area contributed by atoms with Crippen molar-refractivity contribution in [1.82, 2.24) is 10.3 Å². The predicted octanol–water partition coefficient (Wildman–Crippen LogP) is 3.02. The van der Waals surface area contributed by atoms with Crippen LogP contribution in [0.5, 0.6) is 0 Å². The molecule has 0 aliphatic carbocycles. The summed E-state index contributed by atoms with van der Waals surface area (Å²) in [6, 6.07) is 8.08. The van der Waals surface area contributed by atoms with Crippen LogP contribution >= 0.6 is 11.8 Å². The van der Waals surface area contributed by atoms with Crippen LogP contribution in [0.3, 0.4) is 0 Å². The molecule has 0 radical (unpaired) electrons. The fourth-order valence-corrected chi connectivity index (χ4v) is 3.12. The van der Waals surface area contributed by atoms with Crippen molar-refractivity contribution in [3.05, 3.63) is 62.6 Å². The van der Waals surface area contributed by atoms with Gasteiger partial charge in [0.05, 0.1) is 5.75 Å². The molecule has 23 heavy (non-hydrogen) atoms. The molecule has 1 aromatic carbocycles. The molecule has 0 aliphatic rings. The number of aromatic nitrogens is 1. The summed E-state index contributed by atoms with van der Waals surface area (Å²) in [4.78, 5) is 27.7. The molecule has 0 fully saturated rings. The molecule has 1 heterocycles. The summed E-state index contributed by atoms with van der Waals surface area (Å²) in [6.45, 7) is 8.11. The van der Waals surface area contributed by atoms with Gasteiger partial charge in [-0.25, -0.2) is 0 Å². The summed E-state index contributed by atoms with van der Waals surface area (Å²) >= 11 is 1.50. The van der Waals surface area contributed by atoms with Crippen LogP contribution in [0, 0.1) is 27.7 Å². The van der Waals surface area contributed by atoms with Crippen LogP contribution < -0.4 is 10.9 Å². The average Bonchev–Trinajstić information content (AvgIpc) is 2.47. The van der Waals surface area contributed by atoms with Gasteiger partial charge in [-0.2, -0.15) is 0 Å². The highest BCUT2D eigenvalue weighted by Gasteiger charge is 2.08. The molecular formula is C18H22N2O2S. The lowest BCUT2D eigenvalue weighted by Gasteiger charge is -2.08. The minimum absolute atomic E-state index is 0.0763. The molecular weight excluding hydrogens is 308 g/mol. The standard InChI is InChI=1S/C18H22N2O2S/c1-11-5-6-15(8-12(11)2)23-10-17(21)19-9-16-13(3)7-14(4)20-18(16)22/h5-8H,9-10H2,1-4H3,(H,19,21)(H,20,22). The molecule has 0 saturated carbocycles. The zero-order valence-corrected chi connectivity index (χ0v) is 14.8. The number of hydrogen-bond acceptors (Lipinski definition) is 3. The molecule has 0 bridgehead atoms. The van der Waals surface area contributed by atoms with E-state index in [1.165, 1.54) is 22.9 Å². The second kappa shape index (κ2) is 7.51. The van der Waals surface area contributed by atoms with E-state index in [1.54, 1.807) is 0 Å². The van der Waals surface area contributed by atoms with Gasteiger partial charge in [0.1, 0.15) is 0 Å². The van der Waals surface area contributed by atoms with Crippen LogP contribution in [-0.2, 0) is 11.3 Å². The van der Waals surface area contributed by atoms with E-state index in [-0.39, 0.29) is 18.0 Å². The Balaban J connectivity index is 1.91. The highest BCUT2D eigenvalue weighted by atomic mass is 32.2. The van der Waals surface area contributed by atoms with Gasteiger partial charge >= 0.3 is 0 Å². The van der Waals surface area contributed by atoms with Gasteiger partial charge in [-0.15, -0.1) is 11.8 Å². The van der Waals surface area contributed by atoms with Gasteiger partial charge in [-0.3, -0.25) is 9.59 Å². The zero-order valence-electron chi connectivity index (χ0n) is 13.9. The van der Waals surface area contributed by atoms with Gasteiger partial charge < -0.3 is 10.3 Å². The Labute approximate surface area is 140 Å². The van der Waals surface area contributed by atoms with E-state index in [0.29, 0.717) is 11.3 Å². The number of aromatic amines is 1. The number of amides is 1. The van der Waals surface area contributed by atoms with E-state index in [1.807, 2.05) is 26.0 Å². The first-order valence-corrected chi connectivity index (χ1v) is 8.51. The molecule has 0 atom stereocenters. The van der Waals surface area contributed by atoms with E-state index >= 15 is 0 Å². The number of H-pyrrole nitrogens is 1. The Morgan fingerprint density at radius 3 is 2.48 bits per heavy atom. The first-order valence-electron chi connectivity index (χ1n) is 7.53. The van der Waals surface area contributed by atoms with Crippen LogP contribution in [0.2, 0.25) is 0 Å². The molecule has 2 rings (SSSR count). The zero-order chi connectivity index (χ0) is 17.0. The van der Waals surface area contributed by atoms with Crippen molar-refractivity contribution >= 4 is 17.7 Å². The molecule has 122 valence electrons. The molecule has 5 heteroatoms. The molecule has 1 aromatic heterocycles. The van der Waals surface area contributed by atoms with Gasteiger partial charge in [-0.1, -0.05) is 6.07 Å². The number of carbonyl (C=O) groups excluding carboxylic acids is 1. The van der Waals surface area contributed by atoms with E-state index in [9.17, 15) is 9.59 Å². The fourth-order valence-electron chi connectivity index (χ4n) is 2.29. The predicted molar refractivity (Wildman–Crippen MR) is 95.0 cm³/mol. The Bertz CT molecular complexity index is 781. The third-order valence-corrected chi connectivity index (χ3v) is 4.80. The van der Waals surface area contributed by atoms with Crippen molar-refractivity contribution in [1.29, 1.82) is 0 Å². The summed E-state index contributed by atoms with van der Waals surface area (Å²) in [6.07, 6.45) is 0. The minimum Gasteiger partial charge on any atom is -0.351 e. The lowest BCUT2D eigenvalue weighted by atomic mass is 10.1. The summed E-state index contributed by atoms with van der Waals surface area (Å²) in [5, 5.41) is 2.82. The molecule has 4 nitrogen and oxygen atoms in total. The first kappa shape index (κ1) is 17.3. The number of carbonyl (C=O) groups is 1. The summed E-state index contributed by atoms with van der Waals surface area (Å²) in [5.41, 5.74) is 4.66. The largest absolute Gasteiger partial charge is 0.351 e. The van der Waals surface area contributed by atoms with Crippen LogP contribution in [0.1, 0.15) is 27.9 Å². The number of thioether (sulfide) groups is 1. The maximum Gasteiger partial charge on any atom is 0.253 e. The number of pyridine rings is 1. The Kier molecular flexibility index (Phi) is 5.66. The van der Waals surface area contributed by atoms with Crippen molar-refractivity contribution in [3.63, 3.8) is 0 Å². The molecule has 0 unspecified atom stereocenters. The monoisotopic (exact) mass is 330 g/mol. The minimum atomic E-state index is -0.135. The van der Waals surface area contributed by atoms with Crippen molar-refractivity contribution in [2.75, 3.05) is 5.75 Å². The Hall–Kier alpha value is -2.01. The van der Waals surface area contributed by atoms with Crippen LogP contribution in [0.25, 0.3) is 0 Å². The van der Waals surface area contributed by atoms with Crippen LogP contribution in [0.4, 0.5) is 0 Å². The molecule has 0 saturated heterocycles. The smallest absolute Gasteiger partial charge is 0.253 e. The quantitative estimate of drug-likeness (QED) is 0.829. The molecule has 0 aliphatic heterocycles. The number of rotatable bonds is 5. The summed E-state index contributed by atoms with van der Waals surface area (Å²) in [7, 11) is 0. The van der Waals surface area contributed by atoms with Crippen LogP contribution in [0.15, 0.2) is 34.0 Å². The van der Waals surface area contributed by atoms with Gasteiger partial charge in [0, 0.05) is 22.7 Å². The molecule has 1 amide bonds. The number of benzene rings is 1. The topological polar surface area (TPSA) is 62.0 Å². The lowest BCUT2D eigenvalue weighted by molar-refractivity contribution is -0.118. The van der Waals surface area contributed by atoms with E-state index in [4.69, 9.17) is 0 Å². The normalized spacial score (nSPS) is 10.6. The van der Waals surface area contributed by atoms with Gasteiger partial charge in [0.15, 0.2) is 0 Å². The fraction of sp³-hybridized carbons (Fsp3) is 0.333. The third-order valence-electron chi connectivity index (χ3n) is 3.80. The van der Waals surface area contributed by atoms with Gasteiger partial charge in [0.2, 0.25) is 5.91 Å². The summed E-state index contributed by atoms with van der Waals surface area (Å²) < 4.78 is 0. The van der Waals surface area contributed by atoms with Crippen molar-refractivity contribution in [2.45, 2.75) is 39.1 Å². The van der Waals surface area contributed by atoms with E-state index in [0.717, 1.165) is 16.2 Å². The van der Waals surface area contributed by atoms with Gasteiger partial charge in [-0.05, 0) is 62.6 Å². The maximum absolute atomic E-state index is 12.0. The number of hydrogen-bond donors (Lipinski definition) is 2. The SMILES string of the molecule is Cc1cc(C)c(CNC(=O)CSc2ccc(C)c(C)c2)c(=O)[nH]1. The van der Waals surface area contributed by atoms with Crippen molar-refractivity contribution in [3.8, 4) is 0 Å². The highest BCUT2D eigenvalue weighted by molar-refractivity contribution is 8.00. The Morgan fingerprint density at radius 2 is 1.83 bits per heavy atom. The summed E-state index contributed by atoms with van der Waals surface area (Å²) in [5.74, 6) is 0.262. The second-order valence-corrected chi connectivity index (χ2v) is 6.80. The number of aryl methyl sites for hydroxylation is 4. The molecule has 0 spiro atoms. The lowest BCUT2D eigenvalue weighted by Crippen LogP contribution is -2.29. The molecule has 2 N–H and O–H groups in total.